The molecule has 0 unspecified atom stereocenters. The molecule has 2 aromatic rings. The lowest BCUT2D eigenvalue weighted by molar-refractivity contribution is -0.137. The first-order chi connectivity index (χ1) is 16.0. The van der Waals surface area contributed by atoms with Gasteiger partial charge in [0.2, 0.25) is 11.8 Å². The number of hydrogen-bond donors (Lipinski definition) is 1. The van der Waals surface area contributed by atoms with Crippen LogP contribution in [-0.4, -0.2) is 43.0 Å². The van der Waals surface area contributed by atoms with Crippen LogP contribution in [0, 0.1) is 0 Å². The molecule has 184 valence electrons. The minimum atomic E-state index is -4.62. The van der Waals surface area contributed by atoms with Crippen LogP contribution in [0.1, 0.15) is 31.9 Å². The van der Waals surface area contributed by atoms with Crippen LogP contribution in [-0.2, 0) is 15.8 Å². The van der Waals surface area contributed by atoms with Gasteiger partial charge in [0.25, 0.3) is 0 Å². The highest BCUT2D eigenvalue weighted by molar-refractivity contribution is 6.32. The van der Waals surface area contributed by atoms with Crippen LogP contribution in [0.4, 0.5) is 18.9 Å². The molecule has 0 saturated carbocycles. The minimum absolute atomic E-state index is 0.123. The van der Waals surface area contributed by atoms with Crippen molar-refractivity contribution in [3.63, 3.8) is 0 Å². The zero-order chi connectivity index (χ0) is 25.5. The number of hydrogen-bond acceptors (Lipinski definition) is 4. The van der Waals surface area contributed by atoms with Crippen LogP contribution in [0.3, 0.4) is 0 Å². The summed E-state index contributed by atoms with van der Waals surface area (Å²) in [5.74, 6) is -0.475. The third-order valence-electron chi connectivity index (χ3n) is 4.56. The zero-order valence-electron chi connectivity index (χ0n) is 19.2. The SMILES string of the molecule is CCN(CC(=O)Nc1ccccc1C(F)(F)F)C(=O)/C=C/c1cc(Cl)c(OC(C)C)c(OC)c1. The number of nitrogens with zero attached hydrogens (tertiary/aromatic N) is 1. The molecular weight excluding hydrogens is 473 g/mol. The molecule has 0 aromatic heterocycles. The molecule has 0 heterocycles. The smallest absolute Gasteiger partial charge is 0.418 e. The number of likely N-dealkylation sites (N-methyl/N-ethyl adjacent to an activating group) is 1. The Bertz CT molecular complexity index is 1050. The van der Waals surface area contributed by atoms with Gasteiger partial charge in [0.05, 0.1) is 29.5 Å². The van der Waals surface area contributed by atoms with Gasteiger partial charge >= 0.3 is 6.18 Å². The van der Waals surface area contributed by atoms with Crippen molar-refractivity contribution in [3.05, 3.63) is 58.6 Å². The highest BCUT2D eigenvalue weighted by Gasteiger charge is 2.33. The third-order valence-corrected chi connectivity index (χ3v) is 4.84. The first-order valence-corrected chi connectivity index (χ1v) is 10.8. The summed E-state index contributed by atoms with van der Waals surface area (Å²) in [5.41, 5.74) is -0.774. The van der Waals surface area contributed by atoms with Gasteiger partial charge in [0, 0.05) is 12.6 Å². The van der Waals surface area contributed by atoms with Gasteiger partial charge in [-0.3, -0.25) is 9.59 Å². The number of carbonyl (C=O) groups excluding carboxylic acids is 2. The molecule has 2 rings (SSSR count). The van der Waals surface area contributed by atoms with Crippen molar-refractivity contribution in [3.8, 4) is 11.5 Å². The fraction of sp³-hybridized carbons (Fsp3) is 0.333. The van der Waals surface area contributed by atoms with Gasteiger partial charge in [-0.15, -0.1) is 0 Å². The summed E-state index contributed by atoms with van der Waals surface area (Å²) in [6.45, 7) is 5.10. The third kappa shape index (κ3) is 7.41. The van der Waals surface area contributed by atoms with Gasteiger partial charge in [-0.2, -0.15) is 13.2 Å². The van der Waals surface area contributed by atoms with E-state index in [-0.39, 0.29) is 18.3 Å². The van der Waals surface area contributed by atoms with E-state index in [1.54, 1.807) is 19.1 Å². The summed E-state index contributed by atoms with van der Waals surface area (Å²) in [7, 11) is 1.46. The Balaban J connectivity index is 2.12. The van der Waals surface area contributed by atoms with Crippen molar-refractivity contribution in [1.29, 1.82) is 0 Å². The molecule has 0 spiro atoms. The molecule has 0 aliphatic rings. The average Bonchev–Trinajstić information content (AvgIpc) is 2.76. The Morgan fingerprint density at radius 1 is 1.21 bits per heavy atom. The molecule has 0 atom stereocenters. The van der Waals surface area contributed by atoms with Crippen LogP contribution in [0.2, 0.25) is 5.02 Å². The highest BCUT2D eigenvalue weighted by atomic mass is 35.5. The first-order valence-electron chi connectivity index (χ1n) is 10.4. The number of benzene rings is 2. The molecule has 0 bridgehead atoms. The molecule has 1 N–H and O–H groups in total. The van der Waals surface area contributed by atoms with Gasteiger partial charge in [-0.25, -0.2) is 0 Å². The van der Waals surface area contributed by atoms with E-state index in [1.165, 1.54) is 36.3 Å². The lowest BCUT2D eigenvalue weighted by Crippen LogP contribution is -2.37. The Hall–Kier alpha value is -3.20. The second-order valence-electron chi connectivity index (χ2n) is 7.48. The number of carbonyl (C=O) groups is 2. The van der Waals surface area contributed by atoms with Crippen LogP contribution in [0.5, 0.6) is 11.5 Å². The zero-order valence-corrected chi connectivity index (χ0v) is 20.0. The summed E-state index contributed by atoms with van der Waals surface area (Å²) in [5, 5.41) is 2.53. The summed E-state index contributed by atoms with van der Waals surface area (Å²) in [4.78, 5) is 26.1. The summed E-state index contributed by atoms with van der Waals surface area (Å²) < 4.78 is 50.4. The predicted molar refractivity (Wildman–Crippen MR) is 125 cm³/mol. The number of ether oxygens (including phenoxy) is 2. The summed E-state index contributed by atoms with van der Waals surface area (Å²) in [6.07, 6.45) is -2.00. The maximum Gasteiger partial charge on any atom is 0.418 e. The Labute approximate surface area is 201 Å². The molecule has 6 nitrogen and oxygen atoms in total. The molecule has 2 aromatic carbocycles. The van der Waals surface area contributed by atoms with Crippen molar-refractivity contribution < 1.29 is 32.2 Å². The molecule has 0 aliphatic carbocycles. The van der Waals surface area contributed by atoms with Crippen LogP contribution < -0.4 is 14.8 Å². The van der Waals surface area contributed by atoms with E-state index in [1.807, 2.05) is 13.8 Å². The number of amides is 2. The predicted octanol–water partition coefficient (Wildman–Crippen LogP) is 5.66. The Morgan fingerprint density at radius 2 is 1.88 bits per heavy atom. The second-order valence-corrected chi connectivity index (χ2v) is 7.89. The number of para-hydroxylation sites is 1. The molecule has 0 radical (unpaired) electrons. The van der Waals surface area contributed by atoms with E-state index >= 15 is 0 Å². The number of alkyl halides is 3. The van der Waals surface area contributed by atoms with Gasteiger partial charge in [0.1, 0.15) is 6.54 Å². The molecule has 0 aliphatic heterocycles. The summed E-state index contributed by atoms with van der Waals surface area (Å²) >= 11 is 6.29. The molecule has 0 saturated heterocycles. The summed E-state index contributed by atoms with van der Waals surface area (Å²) in [6, 6.07) is 7.88. The molecule has 34 heavy (non-hydrogen) atoms. The standard InChI is InChI=1S/C24H26ClF3N2O4/c1-5-30(14-21(31)29-19-9-7-6-8-17(19)24(26,27)28)22(32)11-10-16-12-18(25)23(34-15(2)3)20(13-16)33-4/h6-13,15H,5,14H2,1-4H3,(H,29,31)/b11-10+. The van der Waals surface area contributed by atoms with Gasteiger partial charge in [-0.1, -0.05) is 23.7 Å². The molecule has 2 amide bonds. The lowest BCUT2D eigenvalue weighted by atomic mass is 10.1. The van der Waals surface area contributed by atoms with Gasteiger partial charge < -0.3 is 19.7 Å². The number of nitrogens with one attached hydrogen (secondary N) is 1. The Kier molecular flexibility index (Phi) is 9.37. The van der Waals surface area contributed by atoms with Crippen LogP contribution >= 0.6 is 11.6 Å². The van der Waals surface area contributed by atoms with E-state index in [0.29, 0.717) is 22.1 Å². The maximum atomic E-state index is 13.1. The fourth-order valence-electron chi connectivity index (χ4n) is 3.01. The number of anilines is 1. The Morgan fingerprint density at radius 3 is 2.47 bits per heavy atom. The molecular formula is C24H26ClF3N2O4. The fourth-order valence-corrected chi connectivity index (χ4v) is 3.27. The largest absolute Gasteiger partial charge is 0.493 e. The normalized spacial score (nSPS) is 11.6. The first kappa shape index (κ1) is 27.0. The van der Waals surface area contributed by atoms with Gasteiger partial charge in [0.15, 0.2) is 11.5 Å². The van der Waals surface area contributed by atoms with Crippen molar-refractivity contribution in [2.24, 2.45) is 0 Å². The number of rotatable bonds is 9. The number of halogens is 4. The minimum Gasteiger partial charge on any atom is -0.493 e. The van der Waals surface area contributed by atoms with Crippen molar-refractivity contribution in [1.82, 2.24) is 4.90 Å². The topological polar surface area (TPSA) is 67.9 Å². The highest BCUT2D eigenvalue weighted by Crippen LogP contribution is 2.37. The van der Waals surface area contributed by atoms with E-state index in [4.69, 9.17) is 21.1 Å². The second kappa shape index (κ2) is 11.8. The molecule has 0 fully saturated rings. The van der Waals surface area contributed by atoms with Crippen molar-refractivity contribution in [2.45, 2.75) is 33.1 Å². The monoisotopic (exact) mass is 498 g/mol. The molecule has 10 heteroatoms. The lowest BCUT2D eigenvalue weighted by Gasteiger charge is -2.20. The van der Waals surface area contributed by atoms with E-state index in [9.17, 15) is 22.8 Å². The quantitative estimate of drug-likeness (QED) is 0.453. The van der Waals surface area contributed by atoms with Crippen molar-refractivity contribution in [2.75, 3.05) is 25.5 Å². The van der Waals surface area contributed by atoms with Crippen LogP contribution in [0.15, 0.2) is 42.5 Å². The number of methoxy groups -OCH3 is 1. The maximum absolute atomic E-state index is 13.1. The van der Waals surface area contributed by atoms with Crippen molar-refractivity contribution >= 4 is 35.2 Å². The van der Waals surface area contributed by atoms with E-state index in [2.05, 4.69) is 5.32 Å². The van der Waals surface area contributed by atoms with E-state index in [0.717, 1.165) is 12.1 Å². The van der Waals surface area contributed by atoms with Crippen LogP contribution in [0.25, 0.3) is 6.08 Å². The average molecular weight is 499 g/mol. The van der Waals surface area contributed by atoms with Gasteiger partial charge in [-0.05, 0) is 56.7 Å². The van der Waals surface area contributed by atoms with E-state index < -0.39 is 30.1 Å².